The van der Waals surface area contributed by atoms with Gasteiger partial charge in [-0.1, -0.05) is 11.6 Å². The van der Waals surface area contributed by atoms with Gasteiger partial charge in [0.25, 0.3) is 5.91 Å². The Morgan fingerprint density at radius 1 is 1.29 bits per heavy atom. The molecule has 0 unspecified atom stereocenters. The third kappa shape index (κ3) is 5.20. The highest BCUT2D eigenvalue weighted by Gasteiger charge is 2.23. The van der Waals surface area contributed by atoms with Crippen molar-refractivity contribution in [2.75, 3.05) is 39.2 Å². The predicted molar refractivity (Wildman–Crippen MR) is 134 cm³/mol. The van der Waals surface area contributed by atoms with Crippen molar-refractivity contribution in [1.82, 2.24) is 25.2 Å². The molecule has 0 aliphatic carbocycles. The van der Waals surface area contributed by atoms with Gasteiger partial charge in [0.2, 0.25) is 0 Å². The summed E-state index contributed by atoms with van der Waals surface area (Å²) in [6, 6.07) is 6.31. The number of amides is 1. The molecule has 10 heteroatoms. The molecule has 2 aromatic heterocycles. The van der Waals surface area contributed by atoms with Gasteiger partial charge in [-0.2, -0.15) is 0 Å². The Morgan fingerprint density at radius 2 is 2.06 bits per heavy atom. The molecule has 0 spiro atoms. The maximum Gasteiger partial charge on any atom is 0.257 e. The highest BCUT2D eigenvalue weighted by Crippen LogP contribution is 2.35. The van der Waals surface area contributed by atoms with Gasteiger partial charge in [0.05, 0.1) is 24.0 Å². The van der Waals surface area contributed by atoms with Crippen LogP contribution in [-0.4, -0.2) is 71.7 Å². The molecule has 182 valence electrons. The number of benzene rings is 1. The quantitative estimate of drug-likeness (QED) is 0.446. The maximum absolute atomic E-state index is 11.5. The number of pyridine rings is 1. The lowest BCUT2D eigenvalue weighted by Gasteiger charge is -2.35. The number of hydrogen-bond acceptors (Lipinski definition) is 7. The first-order chi connectivity index (χ1) is 16.4. The highest BCUT2D eigenvalue weighted by atomic mass is 35.5. The molecule has 1 aromatic carbocycles. The van der Waals surface area contributed by atoms with Crippen LogP contribution < -0.4 is 20.1 Å². The number of methoxy groups -OCH3 is 1. The maximum atomic E-state index is 11.5. The molecular formula is C24H31ClN6O3. The molecule has 9 nitrogen and oxygen atoms in total. The van der Waals surface area contributed by atoms with Crippen molar-refractivity contribution < 1.29 is 14.3 Å². The number of nitrogens with one attached hydrogen (secondary N) is 3. The van der Waals surface area contributed by atoms with E-state index >= 15 is 0 Å². The summed E-state index contributed by atoms with van der Waals surface area (Å²) in [5.41, 5.74) is 2.96. The van der Waals surface area contributed by atoms with Gasteiger partial charge in [0, 0.05) is 37.8 Å². The third-order valence-electron chi connectivity index (χ3n) is 6.15. The Kier molecular flexibility index (Phi) is 7.43. The fraction of sp³-hybridized carbons (Fsp3) is 0.458. The second kappa shape index (κ2) is 10.5. The summed E-state index contributed by atoms with van der Waals surface area (Å²) in [4.78, 5) is 26.5. The van der Waals surface area contributed by atoms with E-state index in [1.165, 1.54) is 0 Å². The Balaban J connectivity index is 1.57. The average Bonchev–Trinajstić information content (AvgIpc) is 3.29. The topological polar surface area (TPSA) is 104 Å². The summed E-state index contributed by atoms with van der Waals surface area (Å²) in [6.07, 6.45) is 3.74. The first-order valence-electron chi connectivity index (χ1n) is 11.5. The summed E-state index contributed by atoms with van der Waals surface area (Å²) in [7, 11) is 3.12. The third-order valence-corrected chi connectivity index (χ3v) is 6.44. The number of anilines is 1. The van der Waals surface area contributed by atoms with Crippen molar-refractivity contribution in [3.63, 3.8) is 0 Å². The Labute approximate surface area is 204 Å². The van der Waals surface area contributed by atoms with E-state index in [4.69, 9.17) is 26.1 Å². The molecule has 3 heterocycles. The standard InChI is InChI=1S/C24H31ClN6O3/c1-14(2)31-9-7-16(8-10-31)28-21-17(25)12-27-24-22(21)29-23(30-24)15-5-6-18(19(11-15)33-4)34-13-20(32)26-3/h5-6,11-12,14,16H,7-10,13H2,1-4H3,(H,26,32)(H2,27,28,29,30). The monoisotopic (exact) mass is 486 g/mol. The van der Waals surface area contributed by atoms with Crippen LogP contribution in [0.4, 0.5) is 5.69 Å². The molecule has 0 saturated carbocycles. The summed E-state index contributed by atoms with van der Waals surface area (Å²) in [5, 5.41) is 6.69. The SMILES string of the molecule is CNC(=O)COc1ccc(-c2nc3c(NC4CCN(C(C)C)CC4)c(Cl)cnc3[nH]2)cc1OC. The summed E-state index contributed by atoms with van der Waals surface area (Å²) < 4.78 is 11.0. The van der Waals surface area contributed by atoms with Gasteiger partial charge >= 0.3 is 0 Å². The van der Waals surface area contributed by atoms with Crippen LogP contribution in [0.5, 0.6) is 11.5 Å². The molecule has 3 N–H and O–H groups in total. The highest BCUT2D eigenvalue weighted by molar-refractivity contribution is 6.34. The number of aromatic nitrogens is 3. The average molecular weight is 487 g/mol. The van der Waals surface area contributed by atoms with Crippen molar-refractivity contribution >= 4 is 34.4 Å². The number of aromatic amines is 1. The first kappa shape index (κ1) is 24.1. The number of carbonyl (C=O) groups is 1. The number of carbonyl (C=O) groups excluding carboxylic acids is 1. The van der Waals surface area contributed by atoms with E-state index in [-0.39, 0.29) is 12.5 Å². The molecule has 1 saturated heterocycles. The van der Waals surface area contributed by atoms with Crippen molar-refractivity contribution in [2.45, 2.75) is 38.8 Å². The van der Waals surface area contributed by atoms with E-state index in [0.717, 1.165) is 37.2 Å². The lowest BCUT2D eigenvalue weighted by Crippen LogP contribution is -2.42. The molecule has 1 aliphatic heterocycles. The second-order valence-electron chi connectivity index (χ2n) is 8.64. The fourth-order valence-electron chi connectivity index (χ4n) is 4.12. The second-order valence-corrected chi connectivity index (χ2v) is 9.05. The molecule has 0 radical (unpaired) electrons. The van der Waals surface area contributed by atoms with Gasteiger partial charge < -0.3 is 30.0 Å². The van der Waals surface area contributed by atoms with Gasteiger partial charge in [-0.25, -0.2) is 9.97 Å². The van der Waals surface area contributed by atoms with Gasteiger partial charge in [-0.3, -0.25) is 4.79 Å². The van der Waals surface area contributed by atoms with E-state index in [2.05, 4.69) is 39.3 Å². The molecule has 0 bridgehead atoms. The summed E-state index contributed by atoms with van der Waals surface area (Å²) >= 11 is 6.54. The number of fused-ring (bicyclic) bond motifs is 1. The minimum absolute atomic E-state index is 0.0929. The van der Waals surface area contributed by atoms with Gasteiger partial charge in [0.15, 0.2) is 23.8 Å². The lowest BCUT2D eigenvalue weighted by atomic mass is 10.0. The number of nitrogens with zero attached hydrogens (tertiary/aromatic N) is 3. The van der Waals surface area contributed by atoms with Crippen molar-refractivity contribution in [3.8, 4) is 22.9 Å². The van der Waals surface area contributed by atoms with Gasteiger partial charge in [0.1, 0.15) is 11.3 Å². The number of hydrogen-bond donors (Lipinski definition) is 3. The summed E-state index contributed by atoms with van der Waals surface area (Å²) in [6.45, 7) is 6.49. The number of imidazole rings is 1. The van der Waals surface area contributed by atoms with Crippen LogP contribution in [0.1, 0.15) is 26.7 Å². The smallest absolute Gasteiger partial charge is 0.257 e. The van der Waals surface area contributed by atoms with E-state index in [9.17, 15) is 4.79 Å². The normalized spacial score (nSPS) is 15.0. The van der Waals surface area contributed by atoms with Crippen LogP contribution in [0.3, 0.4) is 0 Å². The number of likely N-dealkylation sites (N-methyl/N-ethyl adjacent to an activating group) is 1. The molecule has 34 heavy (non-hydrogen) atoms. The number of piperidine rings is 1. The number of halogens is 1. The molecule has 1 fully saturated rings. The largest absolute Gasteiger partial charge is 0.493 e. The molecule has 1 aliphatic rings. The van der Waals surface area contributed by atoms with Crippen LogP contribution in [-0.2, 0) is 4.79 Å². The Morgan fingerprint density at radius 3 is 2.74 bits per heavy atom. The predicted octanol–water partition coefficient (Wildman–Crippen LogP) is 3.70. The van der Waals surface area contributed by atoms with Crippen LogP contribution in [0, 0.1) is 0 Å². The van der Waals surface area contributed by atoms with Crippen LogP contribution >= 0.6 is 11.6 Å². The minimum atomic E-state index is -0.221. The number of ether oxygens (including phenoxy) is 2. The molecule has 0 atom stereocenters. The number of likely N-dealkylation sites (tertiary alicyclic amines) is 1. The Hall–Kier alpha value is -3.04. The lowest BCUT2D eigenvalue weighted by molar-refractivity contribution is -0.122. The zero-order chi connectivity index (χ0) is 24.2. The van der Waals surface area contributed by atoms with Crippen molar-refractivity contribution in [1.29, 1.82) is 0 Å². The first-order valence-corrected chi connectivity index (χ1v) is 11.8. The number of rotatable bonds is 8. The van der Waals surface area contributed by atoms with E-state index in [0.29, 0.717) is 45.6 Å². The molecule has 4 rings (SSSR count). The van der Waals surface area contributed by atoms with E-state index in [1.54, 1.807) is 26.4 Å². The van der Waals surface area contributed by atoms with Gasteiger partial charge in [-0.15, -0.1) is 0 Å². The van der Waals surface area contributed by atoms with Crippen molar-refractivity contribution in [3.05, 3.63) is 29.4 Å². The zero-order valence-corrected chi connectivity index (χ0v) is 20.7. The van der Waals surface area contributed by atoms with Crippen LogP contribution in [0.25, 0.3) is 22.6 Å². The van der Waals surface area contributed by atoms with E-state index < -0.39 is 0 Å². The summed E-state index contributed by atoms with van der Waals surface area (Å²) in [5.74, 6) is 1.39. The molecule has 3 aromatic rings. The van der Waals surface area contributed by atoms with E-state index in [1.807, 2.05) is 12.1 Å². The van der Waals surface area contributed by atoms with Crippen molar-refractivity contribution in [2.24, 2.45) is 0 Å². The fourth-order valence-corrected chi connectivity index (χ4v) is 4.31. The van der Waals surface area contributed by atoms with Gasteiger partial charge in [-0.05, 0) is 44.9 Å². The Bertz CT molecular complexity index is 1160. The van der Waals surface area contributed by atoms with Crippen LogP contribution in [0.2, 0.25) is 5.02 Å². The molecular weight excluding hydrogens is 456 g/mol. The number of H-pyrrole nitrogens is 1. The zero-order valence-electron chi connectivity index (χ0n) is 19.9. The molecule has 1 amide bonds. The minimum Gasteiger partial charge on any atom is -0.493 e. The van der Waals surface area contributed by atoms with Crippen LogP contribution in [0.15, 0.2) is 24.4 Å².